The average molecular weight is 345 g/mol. The summed E-state index contributed by atoms with van der Waals surface area (Å²) in [5.41, 5.74) is 5.55. The van der Waals surface area contributed by atoms with Crippen LogP contribution >= 0.6 is 0 Å². The number of nitrogens with zero attached hydrogens (tertiary/aromatic N) is 3. The van der Waals surface area contributed by atoms with Crippen LogP contribution < -0.4 is 0 Å². The summed E-state index contributed by atoms with van der Waals surface area (Å²) in [5, 5.41) is 4.51. The third-order valence-electron chi connectivity index (χ3n) is 5.11. The van der Waals surface area contributed by atoms with E-state index in [2.05, 4.69) is 42.4 Å². The zero-order valence-corrected chi connectivity index (χ0v) is 15.1. The maximum atomic E-state index is 13.1. The van der Waals surface area contributed by atoms with Crippen LogP contribution in [0.5, 0.6) is 0 Å². The van der Waals surface area contributed by atoms with E-state index in [9.17, 15) is 4.79 Å². The lowest BCUT2D eigenvalue weighted by Gasteiger charge is -2.29. The molecule has 4 rings (SSSR count). The normalized spacial score (nSPS) is 13.5. The third-order valence-corrected chi connectivity index (χ3v) is 5.11. The third kappa shape index (κ3) is 3.15. The Hall–Kier alpha value is -2.88. The average Bonchev–Trinajstić information content (AvgIpc) is 3.10. The zero-order chi connectivity index (χ0) is 17.9. The maximum absolute atomic E-state index is 13.1. The molecule has 2 heterocycles. The molecule has 2 aromatic carbocycles. The van der Waals surface area contributed by atoms with E-state index in [1.807, 2.05) is 33.8 Å². The molecule has 1 aliphatic heterocycles. The molecular formula is C22H23N3O. The monoisotopic (exact) mass is 345 g/mol. The van der Waals surface area contributed by atoms with Gasteiger partial charge in [-0.2, -0.15) is 5.10 Å². The first-order chi connectivity index (χ1) is 12.8. The number of fused-ring (bicyclic) bond motifs is 1. The molecule has 1 amide bonds. The first-order valence-electron chi connectivity index (χ1n) is 9.21. The lowest BCUT2D eigenvalue weighted by atomic mass is 9.99. The van der Waals surface area contributed by atoms with Crippen LogP contribution in [0, 0.1) is 0 Å². The van der Waals surface area contributed by atoms with Gasteiger partial charge in [0.25, 0.3) is 5.91 Å². The summed E-state index contributed by atoms with van der Waals surface area (Å²) < 4.78 is 1.96. The number of rotatable bonds is 4. The van der Waals surface area contributed by atoms with Crippen molar-refractivity contribution in [2.24, 2.45) is 0 Å². The molecule has 0 saturated heterocycles. The van der Waals surface area contributed by atoms with Crippen molar-refractivity contribution in [1.82, 2.24) is 14.7 Å². The van der Waals surface area contributed by atoms with Crippen molar-refractivity contribution in [2.45, 2.75) is 32.9 Å². The molecule has 1 aromatic heterocycles. The highest BCUT2D eigenvalue weighted by Crippen LogP contribution is 2.22. The minimum Gasteiger partial charge on any atom is -0.334 e. The summed E-state index contributed by atoms with van der Waals surface area (Å²) in [6.07, 6.45) is 3.45. The quantitative estimate of drug-likeness (QED) is 0.723. The van der Waals surface area contributed by atoms with Crippen LogP contribution in [0.25, 0.3) is 0 Å². The van der Waals surface area contributed by atoms with E-state index < -0.39 is 0 Å². The van der Waals surface area contributed by atoms with Crippen molar-refractivity contribution in [3.63, 3.8) is 0 Å². The van der Waals surface area contributed by atoms with Gasteiger partial charge < -0.3 is 4.90 Å². The predicted octanol–water partition coefficient (Wildman–Crippen LogP) is 3.69. The molecule has 26 heavy (non-hydrogen) atoms. The van der Waals surface area contributed by atoms with Crippen LogP contribution in [0.2, 0.25) is 0 Å². The topological polar surface area (TPSA) is 38.1 Å². The molecule has 0 atom stereocenters. The molecule has 132 valence electrons. The maximum Gasteiger partial charge on any atom is 0.257 e. The number of hydrogen-bond donors (Lipinski definition) is 0. The fourth-order valence-corrected chi connectivity index (χ4v) is 3.69. The van der Waals surface area contributed by atoms with E-state index in [1.165, 1.54) is 16.7 Å². The molecule has 0 spiro atoms. The molecule has 3 aromatic rings. The van der Waals surface area contributed by atoms with Gasteiger partial charge in [-0.05, 0) is 29.5 Å². The van der Waals surface area contributed by atoms with Crippen molar-refractivity contribution in [1.29, 1.82) is 0 Å². The van der Waals surface area contributed by atoms with E-state index in [1.54, 1.807) is 6.20 Å². The van der Waals surface area contributed by atoms with Gasteiger partial charge in [0.15, 0.2) is 0 Å². The first kappa shape index (κ1) is 16.6. The molecule has 4 nitrogen and oxygen atoms in total. The van der Waals surface area contributed by atoms with Gasteiger partial charge in [-0.3, -0.25) is 9.48 Å². The van der Waals surface area contributed by atoms with Crippen LogP contribution in [0.4, 0.5) is 0 Å². The van der Waals surface area contributed by atoms with E-state index >= 15 is 0 Å². The Balaban J connectivity index is 1.57. The Kier molecular flexibility index (Phi) is 4.57. The SMILES string of the molecule is CCc1c(C(=O)N2CCc3ccccc3C2)cnn1Cc1ccccc1. The summed E-state index contributed by atoms with van der Waals surface area (Å²) in [7, 11) is 0. The number of aromatic nitrogens is 2. The highest BCUT2D eigenvalue weighted by molar-refractivity contribution is 5.95. The second kappa shape index (κ2) is 7.16. The Bertz CT molecular complexity index is 914. The summed E-state index contributed by atoms with van der Waals surface area (Å²) in [6.45, 7) is 4.23. The van der Waals surface area contributed by atoms with Gasteiger partial charge in [0.1, 0.15) is 0 Å². The zero-order valence-electron chi connectivity index (χ0n) is 15.1. The number of amides is 1. The van der Waals surface area contributed by atoms with Crippen molar-refractivity contribution in [3.8, 4) is 0 Å². The predicted molar refractivity (Wildman–Crippen MR) is 102 cm³/mol. The largest absolute Gasteiger partial charge is 0.334 e. The molecule has 0 N–H and O–H groups in total. The smallest absolute Gasteiger partial charge is 0.257 e. The van der Waals surface area contributed by atoms with E-state index in [4.69, 9.17) is 0 Å². The first-order valence-corrected chi connectivity index (χ1v) is 9.21. The second-order valence-electron chi connectivity index (χ2n) is 6.75. The van der Waals surface area contributed by atoms with Crippen molar-refractivity contribution < 1.29 is 4.79 Å². The van der Waals surface area contributed by atoms with Crippen LogP contribution in [-0.2, 0) is 25.9 Å². The van der Waals surface area contributed by atoms with Crippen molar-refractivity contribution in [3.05, 3.63) is 88.7 Å². The standard InChI is InChI=1S/C22H23N3O/c1-2-21-20(14-23-25(21)15-17-8-4-3-5-9-17)22(26)24-13-12-18-10-6-7-11-19(18)16-24/h3-11,14H,2,12-13,15-16H2,1H3. The van der Waals surface area contributed by atoms with Gasteiger partial charge >= 0.3 is 0 Å². The number of carbonyl (C=O) groups is 1. The number of carbonyl (C=O) groups excluding carboxylic acids is 1. The van der Waals surface area contributed by atoms with E-state index in [0.717, 1.165) is 30.6 Å². The fourth-order valence-electron chi connectivity index (χ4n) is 3.69. The Morgan fingerprint density at radius 1 is 1.04 bits per heavy atom. The number of benzene rings is 2. The van der Waals surface area contributed by atoms with Crippen LogP contribution in [0.3, 0.4) is 0 Å². The van der Waals surface area contributed by atoms with Gasteiger partial charge in [-0.15, -0.1) is 0 Å². The lowest BCUT2D eigenvalue weighted by Crippen LogP contribution is -2.36. The Labute approximate surface area is 154 Å². The molecule has 0 aliphatic carbocycles. The van der Waals surface area contributed by atoms with Crippen LogP contribution in [0.15, 0.2) is 60.8 Å². The summed E-state index contributed by atoms with van der Waals surface area (Å²) in [4.78, 5) is 15.1. The highest BCUT2D eigenvalue weighted by atomic mass is 16.2. The Morgan fingerprint density at radius 3 is 2.54 bits per heavy atom. The van der Waals surface area contributed by atoms with Gasteiger partial charge in [-0.25, -0.2) is 0 Å². The molecule has 0 radical (unpaired) electrons. The minimum atomic E-state index is 0.0932. The van der Waals surface area contributed by atoms with E-state index in [-0.39, 0.29) is 5.91 Å². The summed E-state index contributed by atoms with van der Waals surface area (Å²) >= 11 is 0. The molecule has 0 saturated carbocycles. The minimum absolute atomic E-state index is 0.0932. The second-order valence-corrected chi connectivity index (χ2v) is 6.75. The molecule has 4 heteroatoms. The molecule has 0 unspecified atom stereocenters. The van der Waals surface area contributed by atoms with Crippen molar-refractivity contribution >= 4 is 5.91 Å². The highest BCUT2D eigenvalue weighted by Gasteiger charge is 2.25. The molecular weight excluding hydrogens is 322 g/mol. The lowest BCUT2D eigenvalue weighted by molar-refractivity contribution is 0.0733. The number of hydrogen-bond acceptors (Lipinski definition) is 2. The van der Waals surface area contributed by atoms with Gasteiger partial charge in [-0.1, -0.05) is 61.5 Å². The van der Waals surface area contributed by atoms with Crippen LogP contribution in [0.1, 0.15) is 39.7 Å². The summed E-state index contributed by atoms with van der Waals surface area (Å²) in [6, 6.07) is 18.6. The molecule has 0 fully saturated rings. The molecule has 1 aliphatic rings. The summed E-state index contributed by atoms with van der Waals surface area (Å²) in [5.74, 6) is 0.0932. The Morgan fingerprint density at radius 2 is 1.77 bits per heavy atom. The van der Waals surface area contributed by atoms with Gasteiger partial charge in [0, 0.05) is 13.1 Å². The van der Waals surface area contributed by atoms with Crippen molar-refractivity contribution in [2.75, 3.05) is 6.54 Å². The van der Waals surface area contributed by atoms with Gasteiger partial charge in [0.2, 0.25) is 0 Å². The van der Waals surface area contributed by atoms with E-state index in [0.29, 0.717) is 13.1 Å². The molecule has 0 bridgehead atoms. The fraction of sp³-hybridized carbons (Fsp3) is 0.273. The van der Waals surface area contributed by atoms with Gasteiger partial charge in [0.05, 0.1) is 24.0 Å². The van der Waals surface area contributed by atoms with Crippen LogP contribution in [-0.4, -0.2) is 27.1 Å².